The van der Waals surface area contributed by atoms with Gasteiger partial charge in [0.2, 0.25) is 0 Å². The molecule has 0 rings (SSSR count). The number of aliphatic hydroxyl groups is 2. The summed E-state index contributed by atoms with van der Waals surface area (Å²) in [6.07, 6.45) is 75.4. The molecule has 0 radical (unpaired) electrons. The fraction of sp³-hybridized carbons (Fsp3) is 0.685. The smallest absolute Gasteiger partial charge is 0.463 e. The van der Waals surface area contributed by atoms with E-state index in [1.807, 2.05) is 0 Å². The molecule has 0 aliphatic carbocycles. The lowest BCUT2D eigenvalue weighted by molar-refractivity contribution is -0.161. The molecule has 18 heteroatoms. The molecule has 0 heterocycles. The van der Waals surface area contributed by atoms with E-state index in [1.165, 1.54) is 51.4 Å². The van der Waals surface area contributed by atoms with Gasteiger partial charge in [-0.25, -0.2) is 9.13 Å². The number of rotatable bonds is 65. The topological polar surface area (TPSA) is 231 Å². The molecule has 0 spiro atoms. The van der Waals surface area contributed by atoms with E-state index in [0.29, 0.717) is 19.3 Å². The Labute approximate surface area is 551 Å². The monoisotopic (exact) mass is 1320 g/mol. The zero-order valence-electron chi connectivity index (χ0n) is 56.5. The second-order valence-electron chi connectivity index (χ2n) is 22.9. The predicted octanol–water partition coefficient (Wildman–Crippen LogP) is 19.4. The molecule has 5 unspecified atom stereocenters. The molecule has 0 fully saturated rings. The van der Waals surface area contributed by atoms with Gasteiger partial charge in [0.15, 0.2) is 6.10 Å². The van der Waals surface area contributed by atoms with Gasteiger partial charge in [-0.1, -0.05) is 239 Å². The van der Waals surface area contributed by atoms with Crippen molar-refractivity contribution in [3.8, 4) is 0 Å². The highest BCUT2D eigenvalue weighted by atomic mass is 31.2. The Kier molecular flexibility index (Phi) is 63.1. The molecule has 0 saturated heterocycles. The first-order valence-corrected chi connectivity index (χ1v) is 37.8. The lowest BCUT2D eigenvalue weighted by atomic mass is 10.1. The van der Waals surface area contributed by atoms with Gasteiger partial charge in [0.05, 0.1) is 26.4 Å². The minimum atomic E-state index is -4.93. The van der Waals surface area contributed by atoms with Crippen molar-refractivity contribution in [2.75, 3.05) is 39.6 Å². The number of aliphatic hydroxyl groups excluding tert-OH is 2. The summed E-state index contributed by atoms with van der Waals surface area (Å²) in [6, 6.07) is 0. The summed E-state index contributed by atoms with van der Waals surface area (Å²) < 4.78 is 60.9. The first-order chi connectivity index (χ1) is 44.2. The molecule has 0 aromatic carbocycles. The summed E-state index contributed by atoms with van der Waals surface area (Å²) in [5.41, 5.74) is 0. The first kappa shape index (κ1) is 87.0. The summed E-state index contributed by atoms with van der Waals surface area (Å²) in [7, 11) is -9.79. The van der Waals surface area contributed by atoms with Crippen LogP contribution in [0.15, 0.2) is 122 Å². The number of carbonyl (C=O) groups is 3. The van der Waals surface area contributed by atoms with E-state index in [0.717, 1.165) is 154 Å². The van der Waals surface area contributed by atoms with Crippen molar-refractivity contribution >= 4 is 33.6 Å². The summed E-state index contributed by atoms with van der Waals surface area (Å²) in [6.45, 7) is 2.37. The van der Waals surface area contributed by atoms with Crippen LogP contribution in [0.4, 0.5) is 0 Å². The van der Waals surface area contributed by atoms with E-state index in [2.05, 4.69) is 142 Å². The standard InChI is InChI=1S/C73H124O16P2/c1-4-7-10-13-16-19-22-25-27-29-30-31-32-33-34-35-36-38-40-42-44-47-50-53-56-59-71(76)83-62-68(74)63-85-90(79,80)86-64-69(75)65-87-91(81,82)88-67-70(89-73(78)61-58-55-52-49-46-41-24-21-18-15-12-9-6-3)66-84-72(77)60-57-54-51-48-45-43-39-37-28-26-23-20-17-14-11-8-5-2/h7-8,10-11,16-17,19-21,24-28,30-31,33-34,39,43,68-70,74-75H,4-6,9,12-15,18,22-23,29,32,35-38,40-42,44-67H2,1-3H3,(H,79,80)(H,81,82)/b10-7-,11-8-,19-16-,20-17-,24-21-,27-25-,28-26-,31-30-,34-33-,43-39-. The summed E-state index contributed by atoms with van der Waals surface area (Å²) in [4.78, 5) is 58.4. The maximum atomic E-state index is 12.9. The number of esters is 3. The van der Waals surface area contributed by atoms with Crippen molar-refractivity contribution in [2.24, 2.45) is 0 Å². The van der Waals surface area contributed by atoms with Crippen molar-refractivity contribution in [2.45, 2.75) is 283 Å². The van der Waals surface area contributed by atoms with E-state index in [4.69, 9.17) is 32.3 Å². The van der Waals surface area contributed by atoms with Gasteiger partial charge in [-0.2, -0.15) is 0 Å². The Bertz CT molecular complexity index is 2140. The Morgan fingerprint density at radius 3 is 0.934 bits per heavy atom. The van der Waals surface area contributed by atoms with Crippen molar-refractivity contribution < 1.29 is 75.8 Å². The highest BCUT2D eigenvalue weighted by molar-refractivity contribution is 7.47. The Morgan fingerprint density at radius 2 is 0.582 bits per heavy atom. The number of carbonyl (C=O) groups excluding carboxylic acids is 3. The van der Waals surface area contributed by atoms with E-state index in [-0.39, 0.29) is 19.3 Å². The van der Waals surface area contributed by atoms with Gasteiger partial charge in [0.1, 0.15) is 25.4 Å². The van der Waals surface area contributed by atoms with E-state index < -0.39 is 91.5 Å². The Balaban J connectivity index is 4.58. The molecule has 0 aromatic rings. The number of hydrogen-bond acceptors (Lipinski definition) is 14. The van der Waals surface area contributed by atoms with Crippen LogP contribution >= 0.6 is 15.6 Å². The minimum Gasteiger partial charge on any atom is -0.463 e. The van der Waals surface area contributed by atoms with Crippen molar-refractivity contribution in [3.63, 3.8) is 0 Å². The van der Waals surface area contributed by atoms with Crippen LogP contribution in [0.1, 0.15) is 265 Å². The van der Waals surface area contributed by atoms with Crippen LogP contribution in [0.2, 0.25) is 0 Å². The van der Waals surface area contributed by atoms with Gasteiger partial charge in [-0.15, -0.1) is 0 Å². The average Bonchev–Trinajstić information content (AvgIpc) is 3.75. The van der Waals surface area contributed by atoms with E-state index in [9.17, 15) is 43.5 Å². The maximum Gasteiger partial charge on any atom is 0.472 e. The molecule has 0 amide bonds. The molecular formula is C73H124O16P2. The molecule has 4 N–H and O–H groups in total. The normalized spacial score (nSPS) is 14.9. The lowest BCUT2D eigenvalue weighted by Gasteiger charge is -2.21. The zero-order chi connectivity index (χ0) is 66.7. The van der Waals surface area contributed by atoms with Crippen LogP contribution in [0.5, 0.6) is 0 Å². The highest BCUT2D eigenvalue weighted by Crippen LogP contribution is 2.45. The van der Waals surface area contributed by atoms with Crippen molar-refractivity contribution in [3.05, 3.63) is 122 Å². The Hall–Kier alpha value is -4.05. The molecule has 5 atom stereocenters. The van der Waals surface area contributed by atoms with Crippen molar-refractivity contribution in [1.82, 2.24) is 0 Å². The van der Waals surface area contributed by atoms with Gasteiger partial charge in [0, 0.05) is 19.3 Å². The zero-order valence-corrected chi connectivity index (χ0v) is 58.3. The summed E-state index contributed by atoms with van der Waals surface area (Å²) in [5, 5.41) is 20.6. The van der Waals surface area contributed by atoms with Crippen LogP contribution in [-0.2, 0) is 55.8 Å². The van der Waals surface area contributed by atoms with E-state index in [1.54, 1.807) is 0 Å². The van der Waals surface area contributed by atoms with Gasteiger partial charge < -0.3 is 34.2 Å². The molecule has 0 aliphatic heterocycles. The quantitative estimate of drug-likeness (QED) is 0.0146. The predicted molar refractivity (Wildman–Crippen MR) is 371 cm³/mol. The van der Waals surface area contributed by atoms with Gasteiger partial charge in [0.25, 0.3) is 0 Å². The van der Waals surface area contributed by atoms with Crippen LogP contribution in [0.25, 0.3) is 0 Å². The third kappa shape index (κ3) is 67.2. The second-order valence-corrected chi connectivity index (χ2v) is 25.8. The number of unbranched alkanes of at least 4 members (excludes halogenated alkanes) is 22. The molecule has 0 aromatic heterocycles. The van der Waals surface area contributed by atoms with Crippen LogP contribution in [0.3, 0.4) is 0 Å². The lowest BCUT2D eigenvalue weighted by Crippen LogP contribution is -2.30. The number of allylic oxidation sites excluding steroid dienone is 20. The van der Waals surface area contributed by atoms with Crippen molar-refractivity contribution in [1.29, 1.82) is 0 Å². The maximum absolute atomic E-state index is 12.9. The van der Waals surface area contributed by atoms with Gasteiger partial charge in [-0.05, 0) is 128 Å². The van der Waals surface area contributed by atoms with Crippen LogP contribution < -0.4 is 0 Å². The fourth-order valence-corrected chi connectivity index (χ4v) is 10.5. The number of ether oxygens (including phenoxy) is 3. The van der Waals surface area contributed by atoms with Gasteiger partial charge in [-0.3, -0.25) is 32.5 Å². The molecule has 0 bridgehead atoms. The molecule has 0 saturated carbocycles. The highest BCUT2D eigenvalue weighted by Gasteiger charge is 2.29. The van der Waals surface area contributed by atoms with Gasteiger partial charge >= 0.3 is 33.6 Å². The number of phosphoric acid groups is 2. The minimum absolute atomic E-state index is 0.0867. The molecular weight excluding hydrogens is 1190 g/mol. The third-order valence-corrected chi connectivity index (χ3v) is 16.1. The molecule has 91 heavy (non-hydrogen) atoms. The van der Waals surface area contributed by atoms with Crippen LogP contribution in [0, 0.1) is 0 Å². The fourth-order valence-electron chi connectivity index (χ4n) is 8.88. The molecule has 522 valence electrons. The van der Waals surface area contributed by atoms with E-state index >= 15 is 0 Å². The summed E-state index contributed by atoms with van der Waals surface area (Å²) >= 11 is 0. The second kappa shape index (κ2) is 66.0. The first-order valence-electron chi connectivity index (χ1n) is 34.8. The number of hydrogen-bond donors (Lipinski definition) is 4. The largest absolute Gasteiger partial charge is 0.472 e. The van der Waals surface area contributed by atoms with Crippen LogP contribution in [-0.4, -0.2) is 95.9 Å². The third-order valence-electron chi connectivity index (χ3n) is 14.2. The number of phosphoric ester groups is 2. The molecule has 0 aliphatic rings. The SMILES string of the molecule is CC/C=C\C/C=C\C/C=C\C/C=C\C/C=C\CCCCCCCCCCCC(=O)OCC(O)COP(=O)(O)OCC(O)COP(=O)(O)OCC(COC(=O)CCCCCC/C=C\C/C=C\C/C=C\C/C=C\CC)OC(=O)CCCCCCC/C=C\CCCCCC. The summed E-state index contributed by atoms with van der Waals surface area (Å²) in [5.74, 6) is -1.62. The average molecular weight is 1320 g/mol. The molecule has 16 nitrogen and oxygen atoms in total. The Morgan fingerprint density at radius 1 is 0.319 bits per heavy atom.